The van der Waals surface area contributed by atoms with E-state index in [1.54, 1.807) is 18.1 Å². The first kappa shape index (κ1) is 9.46. The molecule has 0 N–H and O–H groups in total. The van der Waals surface area contributed by atoms with Gasteiger partial charge in [0.05, 0.1) is 0 Å². The highest BCUT2D eigenvalue weighted by Gasteiger charge is 2.07. The average Bonchev–Trinajstić information content (AvgIpc) is 2.72. The topological polar surface area (TPSA) is 74.3 Å². The van der Waals surface area contributed by atoms with E-state index < -0.39 is 0 Å². The molecule has 0 amide bonds. The maximum atomic E-state index is 3.92. The molecule has 0 saturated carbocycles. The second-order valence-electron chi connectivity index (χ2n) is 2.48. The molecule has 14 heavy (non-hydrogen) atoms. The van der Waals surface area contributed by atoms with Crippen LogP contribution < -0.4 is 0 Å². The van der Waals surface area contributed by atoms with E-state index in [0.717, 1.165) is 10.3 Å². The molecule has 0 fully saturated rings. The highest BCUT2D eigenvalue weighted by molar-refractivity contribution is 8.76. The third kappa shape index (κ3) is 1.87. The van der Waals surface area contributed by atoms with E-state index in [1.165, 1.54) is 21.6 Å². The summed E-state index contributed by atoms with van der Waals surface area (Å²) in [4.78, 5) is 0. The van der Waals surface area contributed by atoms with Gasteiger partial charge in [-0.15, -0.1) is 15.3 Å². The quantitative estimate of drug-likeness (QED) is 0.693. The van der Waals surface area contributed by atoms with Crippen molar-refractivity contribution in [1.82, 2.24) is 35.0 Å². The number of hydrogen-bond acceptors (Lipinski definition) is 7. The minimum absolute atomic E-state index is 0.734. The Morgan fingerprint density at radius 3 is 2.50 bits per heavy atom. The molecule has 0 bridgehead atoms. The molecule has 0 aliphatic carbocycles. The fourth-order valence-electron chi connectivity index (χ4n) is 0.714. The van der Waals surface area contributed by atoms with Crippen LogP contribution in [-0.2, 0) is 14.1 Å². The Morgan fingerprint density at radius 2 is 1.93 bits per heavy atom. The highest BCUT2D eigenvalue weighted by atomic mass is 33.1. The summed E-state index contributed by atoms with van der Waals surface area (Å²) in [5.41, 5.74) is 0. The lowest BCUT2D eigenvalue weighted by Gasteiger charge is -1.97. The summed E-state index contributed by atoms with van der Waals surface area (Å²) in [6.45, 7) is 0. The van der Waals surface area contributed by atoms with Crippen LogP contribution in [-0.4, -0.2) is 35.0 Å². The van der Waals surface area contributed by atoms with Crippen LogP contribution in [0.15, 0.2) is 16.6 Å². The summed E-state index contributed by atoms with van der Waals surface area (Å²) in [6.07, 6.45) is 1.65. The molecule has 2 heterocycles. The molecule has 0 spiro atoms. The Balaban J connectivity index is 2.02. The molecule has 9 heteroatoms. The third-order valence-electron chi connectivity index (χ3n) is 1.44. The monoisotopic (exact) mass is 229 g/mol. The molecular weight excluding hydrogens is 222 g/mol. The van der Waals surface area contributed by atoms with Crippen molar-refractivity contribution in [2.75, 3.05) is 0 Å². The van der Waals surface area contributed by atoms with Crippen molar-refractivity contribution in [3.8, 4) is 0 Å². The molecule has 74 valence electrons. The van der Waals surface area contributed by atoms with Crippen LogP contribution in [0.4, 0.5) is 0 Å². The second-order valence-corrected chi connectivity index (χ2v) is 4.54. The van der Waals surface area contributed by atoms with E-state index in [1.807, 2.05) is 11.6 Å². The van der Waals surface area contributed by atoms with E-state index in [9.17, 15) is 0 Å². The van der Waals surface area contributed by atoms with Crippen LogP contribution in [0.25, 0.3) is 0 Å². The molecule has 0 radical (unpaired) electrons. The average molecular weight is 229 g/mol. The molecule has 0 aromatic carbocycles. The summed E-state index contributed by atoms with van der Waals surface area (Å²) >= 11 is 0. The Hall–Kier alpha value is -1.09. The highest BCUT2D eigenvalue weighted by Crippen LogP contribution is 2.33. The Bertz CT molecular complexity index is 381. The van der Waals surface area contributed by atoms with Crippen molar-refractivity contribution in [3.63, 3.8) is 0 Å². The fourth-order valence-corrected chi connectivity index (χ4v) is 2.65. The first-order chi connectivity index (χ1) is 6.77. The lowest BCUT2D eigenvalue weighted by molar-refractivity contribution is 0.666. The minimum atomic E-state index is 0.734. The maximum Gasteiger partial charge on any atom is 0.220 e. The molecule has 0 saturated heterocycles. The van der Waals surface area contributed by atoms with Crippen molar-refractivity contribution in [2.45, 2.75) is 10.3 Å². The van der Waals surface area contributed by atoms with Crippen molar-refractivity contribution < 1.29 is 0 Å². The van der Waals surface area contributed by atoms with E-state index >= 15 is 0 Å². The molecule has 0 unspecified atom stereocenters. The van der Waals surface area contributed by atoms with Crippen LogP contribution in [0, 0.1) is 0 Å². The van der Waals surface area contributed by atoms with E-state index in [4.69, 9.17) is 0 Å². The van der Waals surface area contributed by atoms with Gasteiger partial charge in [0.2, 0.25) is 10.3 Å². The Kier molecular flexibility index (Phi) is 2.68. The summed E-state index contributed by atoms with van der Waals surface area (Å²) in [6, 6.07) is 0. The minimum Gasteiger partial charge on any atom is -0.311 e. The molecule has 2 aromatic rings. The zero-order chi connectivity index (χ0) is 9.97. The summed E-state index contributed by atoms with van der Waals surface area (Å²) in [5, 5.41) is 20.3. The number of rotatable bonds is 3. The van der Waals surface area contributed by atoms with Crippen LogP contribution in [0.5, 0.6) is 0 Å². The van der Waals surface area contributed by atoms with Gasteiger partial charge in [-0.1, -0.05) is 0 Å². The number of nitrogens with zero attached hydrogens (tertiary/aromatic N) is 7. The van der Waals surface area contributed by atoms with Gasteiger partial charge in [0.25, 0.3) is 0 Å². The molecule has 0 atom stereocenters. The second kappa shape index (κ2) is 3.96. The van der Waals surface area contributed by atoms with Crippen LogP contribution in [0.3, 0.4) is 0 Å². The number of aryl methyl sites for hydroxylation is 2. The van der Waals surface area contributed by atoms with Crippen LogP contribution >= 0.6 is 21.6 Å². The van der Waals surface area contributed by atoms with Crippen molar-refractivity contribution in [3.05, 3.63) is 6.33 Å². The standard InChI is InChI=1S/C5H7N7S2/c1-11-3-6-7-4(11)13-14-5-8-9-10-12(5)2/h3H,1-2H3. The molecular formula is C5H7N7S2. The molecule has 7 nitrogen and oxygen atoms in total. The number of tetrazole rings is 1. The SMILES string of the molecule is Cn1cnnc1SSc1nnnn1C. The van der Waals surface area contributed by atoms with Crippen molar-refractivity contribution >= 4 is 21.6 Å². The fraction of sp³-hybridized carbons (Fsp3) is 0.400. The van der Waals surface area contributed by atoms with Gasteiger partial charge in [0.1, 0.15) is 6.33 Å². The first-order valence-corrected chi connectivity index (χ1v) is 5.83. The Morgan fingerprint density at radius 1 is 1.14 bits per heavy atom. The van der Waals surface area contributed by atoms with Gasteiger partial charge in [-0.3, -0.25) is 0 Å². The lowest BCUT2D eigenvalue weighted by Crippen LogP contribution is -1.92. The Labute approximate surface area is 87.7 Å². The molecule has 2 aromatic heterocycles. The normalized spacial score (nSPS) is 10.7. The van der Waals surface area contributed by atoms with Crippen molar-refractivity contribution in [2.24, 2.45) is 14.1 Å². The third-order valence-corrected chi connectivity index (χ3v) is 3.68. The first-order valence-electron chi connectivity index (χ1n) is 3.68. The summed E-state index contributed by atoms with van der Waals surface area (Å²) in [7, 11) is 6.59. The van der Waals surface area contributed by atoms with E-state index in [2.05, 4.69) is 25.7 Å². The molecule has 2 rings (SSSR count). The van der Waals surface area contributed by atoms with Gasteiger partial charge in [0.15, 0.2) is 0 Å². The number of aromatic nitrogens is 7. The predicted molar refractivity (Wildman–Crippen MR) is 51.5 cm³/mol. The van der Waals surface area contributed by atoms with Gasteiger partial charge in [-0.05, 0) is 32.0 Å². The van der Waals surface area contributed by atoms with Gasteiger partial charge in [-0.25, -0.2) is 4.68 Å². The van der Waals surface area contributed by atoms with Gasteiger partial charge >= 0.3 is 0 Å². The van der Waals surface area contributed by atoms with Crippen molar-refractivity contribution in [1.29, 1.82) is 0 Å². The molecule has 0 aliphatic heterocycles. The maximum absolute atomic E-state index is 3.92. The smallest absolute Gasteiger partial charge is 0.220 e. The van der Waals surface area contributed by atoms with Gasteiger partial charge < -0.3 is 4.57 Å². The summed E-state index contributed by atoms with van der Waals surface area (Å²) < 4.78 is 3.44. The largest absolute Gasteiger partial charge is 0.311 e. The lowest BCUT2D eigenvalue weighted by atomic mass is 11.1. The zero-order valence-electron chi connectivity index (χ0n) is 7.52. The van der Waals surface area contributed by atoms with Gasteiger partial charge in [0, 0.05) is 14.1 Å². The summed E-state index contributed by atoms with van der Waals surface area (Å²) in [5.74, 6) is 0. The predicted octanol–water partition coefficient (Wildman–Crippen LogP) is 0.138. The number of hydrogen-bond donors (Lipinski definition) is 0. The zero-order valence-corrected chi connectivity index (χ0v) is 9.16. The van der Waals surface area contributed by atoms with Crippen LogP contribution in [0.2, 0.25) is 0 Å². The molecule has 0 aliphatic rings. The van der Waals surface area contributed by atoms with E-state index in [0.29, 0.717) is 0 Å². The van der Waals surface area contributed by atoms with E-state index in [-0.39, 0.29) is 0 Å². The van der Waals surface area contributed by atoms with Gasteiger partial charge in [-0.2, -0.15) is 0 Å². The van der Waals surface area contributed by atoms with Crippen LogP contribution in [0.1, 0.15) is 0 Å².